The van der Waals surface area contributed by atoms with Crippen LogP contribution in [0.1, 0.15) is 43.2 Å². The molecule has 9 heteroatoms. The highest BCUT2D eigenvalue weighted by molar-refractivity contribution is 5.94. The largest absolute Gasteiger partial charge is 0.462 e. The van der Waals surface area contributed by atoms with Gasteiger partial charge in [-0.15, -0.1) is 0 Å². The molecule has 2 saturated heterocycles. The van der Waals surface area contributed by atoms with Gasteiger partial charge in [-0.05, 0) is 74.0 Å². The minimum Gasteiger partial charge on any atom is -0.462 e. The molecule has 0 spiro atoms. The number of aromatic nitrogens is 2. The van der Waals surface area contributed by atoms with E-state index in [-0.39, 0.29) is 41.9 Å². The number of rotatable bonds is 7. The fraction of sp³-hybridized carbons (Fsp3) is 0.455. The Kier molecular flexibility index (Phi) is 7.82. The van der Waals surface area contributed by atoms with E-state index in [2.05, 4.69) is 41.3 Å². The molecule has 3 heterocycles. The molecule has 2 fully saturated rings. The van der Waals surface area contributed by atoms with Gasteiger partial charge in [-0.25, -0.2) is 11.0 Å². The number of halogens is 1. The van der Waals surface area contributed by atoms with Crippen molar-refractivity contribution in [3.05, 3.63) is 71.3 Å². The van der Waals surface area contributed by atoms with Crippen molar-refractivity contribution in [2.45, 2.75) is 50.6 Å². The van der Waals surface area contributed by atoms with E-state index in [0.717, 1.165) is 37.8 Å². The lowest BCUT2D eigenvalue weighted by Crippen LogP contribution is -2.56. The second-order valence-corrected chi connectivity index (χ2v) is 11.7. The van der Waals surface area contributed by atoms with Crippen LogP contribution in [-0.2, 0) is 11.2 Å². The molecular formula is C33H37FN6O2. The van der Waals surface area contributed by atoms with E-state index in [9.17, 15) is 4.79 Å². The molecule has 8 nitrogen and oxygen atoms in total. The van der Waals surface area contributed by atoms with Crippen molar-refractivity contribution >= 4 is 22.6 Å². The Hall–Kier alpha value is -4.03. The maximum atomic E-state index is 16.6. The second-order valence-electron chi connectivity index (χ2n) is 11.7. The van der Waals surface area contributed by atoms with Crippen LogP contribution in [-0.4, -0.2) is 84.1 Å². The van der Waals surface area contributed by atoms with Gasteiger partial charge in [-0.3, -0.25) is 4.79 Å². The van der Waals surface area contributed by atoms with Crippen LogP contribution in [0.5, 0.6) is 6.01 Å². The van der Waals surface area contributed by atoms with Gasteiger partial charge in [0.15, 0.2) is 5.82 Å². The van der Waals surface area contributed by atoms with Gasteiger partial charge in [0.25, 0.3) is 0 Å². The lowest BCUT2D eigenvalue weighted by atomic mass is 9.91. The van der Waals surface area contributed by atoms with Gasteiger partial charge < -0.3 is 24.3 Å². The van der Waals surface area contributed by atoms with Gasteiger partial charge in [0.05, 0.1) is 0 Å². The zero-order valence-electron chi connectivity index (χ0n) is 24.4. The summed E-state index contributed by atoms with van der Waals surface area (Å²) in [5, 5.41) is 0.590. The van der Waals surface area contributed by atoms with Crippen LogP contribution in [0.15, 0.2) is 43.0 Å². The Labute approximate surface area is 246 Å². The molecule has 42 heavy (non-hydrogen) atoms. The van der Waals surface area contributed by atoms with E-state index in [1.807, 2.05) is 29.2 Å². The summed E-state index contributed by atoms with van der Waals surface area (Å²) in [7, 11) is 2.08. The monoisotopic (exact) mass is 568 g/mol. The first kappa shape index (κ1) is 28.1. The number of hydrogen-bond acceptors (Lipinski definition) is 6. The maximum absolute atomic E-state index is 16.6. The van der Waals surface area contributed by atoms with Gasteiger partial charge in [-0.1, -0.05) is 37.8 Å². The first-order valence-corrected chi connectivity index (χ1v) is 14.9. The third kappa shape index (κ3) is 5.09. The zero-order valence-corrected chi connectivity index (χ0v) is 24.4. The van der Waals surface area contributed by atoms with E-state index in [0.29, 0.717) is 48.9 Å². The average molecular weight is 569 g/mol. The number of likely N-dealkylation sites (N-methyl/N-ethyl adjacent to an activating group) is 1. The number of carbonyl (C=O) groups excluding carboxylic acids is 1. The van der Waals surface area contributed by atoms with E-state index in [1.165, 1.54) is 17.2 Å². The lowest BCUT2D eigenvalue weighted by molar-refractivity contribution is -0.128. The van der Waals surface area contributed by atoms with Crippen LogP contribution in [0, 0.1) is 12.4 Å². The number of amides is 1. The number of aryl methyl sites for hydroxylation is 1. The van der Waals surface area contributed by atoms with Crippen molar-refractivity contribution in [1.29, 1.82) is 0 Å². The number of nitrogens with zero attached hydrogens (tertiary/aromatic N) is 6. The molecular weight excluding hydrogens is 531 g/mol. The van der Waals surface area contributed by atoms with Crippen LogP contribution in [0.3, 0.4) is 0 Å². The van der Waals surface area contributed by atoms with E-state index in [1.54, 1.807) is 4.90 Å². The summed E-state index contributed by atoms with van der Waals surface area (Å²) in [6, 6.07) is 9.97. The van der Waals surface area contributed by atoms with Gasteiger partial charge >= 0.3 is 6.01 Å². The third-order valence-electron chi connectivity index (χ3n) is 9.21. The first-order chi connectivity index (χ1) is 20.4. The van der Waals surface area contributed by atoms with Crippen LogP contribution in [0.25, 0.3) is 26.9 Å². The molecule has 3 atom stereocenters. The highest BCUT2D eigenvalue weighted by atomic mass is 19.1. The summed E-state index contributed by atoms with van der Waals surface area (Å²) in [6.07, 6.45) is 5.50. The minimum absolute atomic E-state index is 0.145. The number of piperazine rings is 1. The third-order valence-corrected chi connectivity index (χ3v) is 9.21. The molecule has 218 valence electrons. The number of likely N-dealkylation sites (tertiary alicyclic amines) is 1. The number of carbonyl (C=O) groups is 1. The van der Waals surface area contributed by atoms with E-state index in [4.69, 9.17) is 16.3 Å². The minimum atomic E-state index is -0.385. The van der Waals surface area contributed by atoms with Crippen molar-refractivity contribution in [2.75, 3.05) is 51.3 Å². The summed E-state index contributed by atoms with van der Waals surface area (Å²) in [5.41, 5.74) is 4.18. The van der Waals surface area contributed by atoms with Gasteiger partial charge in [0.2, 0.25) is 12.5 Å². The topological polar surface area (TPSA) is 66.2 Å². The predicted octanol–water partition coefficient (Wildman–Crippen LogP) is 5.08. The summed E-state index contributed by atoms with van der Waals surface area (Å²) in [4.78, 5) is 31.5. The van der Waals surface area contributed by atoms with Gasteiger partial charge in [0, 0.05) is 36.6 Å². The maximum Gasteiger partial charge on any atom is 0.319 e. The molecule has 3 aliphatic rings. The van der Waals surface area contributed by atoms with Crippen LogP contribution >= 0.6 is 0 Å². The Morgan fingerprint density at radius 1 is 1.17 bits per heavy atom. The molecule has 0 bridgehead atoms. The SMILES string of the molecule is [C-]#[N+]C[C@H]1CN(c2nc(OC[C@@H]3CCCN3C)nc3c(F)c(-c4cccc5c4C(C)CC5)ccc23)CCN1C(=O)C=C. The standard InChI is InChI=1S/C33H37FN6O2/c1-5-28(41)40-17-16-39(19-24(40)18-35-3)32-27-14-13-26(25-10-6-8-22-12-11-21(2)29(22)25)30(34)31(27)36-33(37-32)42-20-23-9-7-15-38(23)4/h5-6,8,10,13-14,21,23-24H,1,7,9,11-12,15-20H2,2,4H3/t21?,23-,24-/m0/s1. The summed E-state index contributed by atoms with van der Waals surface area (Å²) < 4.78 is 22.8. The smallest absolute Gasteiger partial charge is 0.319 e. The molecule has 1 aromatic heterocycles. The van der Waals surface area contributed by atoms with Crippen LogP contribution < -0.4 is 9.64 Å². The van der Waals surface area contributed by atoms with Crippen molar-refractivity contribution in [3.63, 3.8) is 0 Å². The fourth-order valence-electron chi connectivity index (χ4n) is 6.88. The van der Waals surface area contributed by atoms with Crippen LogP contribution in [0.2, 0.25) is 0 Å². The summed E-state index contributed by atoms with van der Waals surface area (Å²) in [5.74, 6) is 0.349. The Bertz CT molecular complexity index is 1570. The van der Waals surface area contributed by atoms with Gasteiger partial charge in [-0.2, -0.15) is 9.97 Å². The highest BCUT2D eigenvalue weighted by Gasteiger charge is 2.34. The van der Waals surface area contributed by atoms with Crippen molar-refractivity contribution in [2.24, 2.45) is 0 Å². The predicted molar refractivity (Wildman–Crippen MR) is 162 cm³/mol. The summed E-state index contributed by atoms with van der Waals surface area (Å²) >= 11 is 0. The summed E-state index contributed by atoms with van der Waals surface area (Å²) in [6.45, 7) is 16.2. The molecule has 1 aliphatic carbocycles. The number of hydrogen-bond donors (Lipinski definition) is 0. The van der Waals surface area contributed by atoms with Gasteiger partial charge in [0.1, 0.15) is 24.0 Å². The zero-order chi connectivity index (χ0) is 29.4. The van der Waals surface area contributed by atoms with Crippen molar-refractivity contribution in [3.8, 4) is 17.1 Å². The normalized spacial score (nSPS) is 22.3. The molecule has 0 radical (unpaired) electrons. The van der Waals surface area contributed by atoms with E-state index >= 15 is 4.39 Å². The molecule has 0 saturated carbocycles. The highest BCUT2D eigenvalue weighted by Crippen LogP contribution is 2.42. The molecule has 6 rings (SSSR count). The number of fused-ring (bicyclic) bond motifs is 2. The molecule has 1 amide bonds. The number of anilines is 1. The Morgan fingerprint density at radius 2 is 2.02 bits per heavy atom. The second kappa shape index (κ2) is 11.7. The Balaban J connectivity index is 1.43. The average Bonchev–Trinajstić information content (AvgIpc) is 3.60. The van der Waals surface area contributed by atoms with E-state index < -0.39 is 0 Å². The molecule has 0 N–H and O–H groups in total. The molecule has 3 aromatic rings. The number of benzene rings is 2. The molecule has 2 aromatic carbocycles. The first-order valence-electron chi connectivity index (χ1n) is 14.9. The lowest BCUT2D eigenvalue weighted by Gasteiger charge is -2.39. The Morgan fingerprint density at radius 3 is 2.79 bits per heavy atom. The van der Waals surface area contributed by atoms with Crippen molar-refractivity contribution < 1.29 is 13.9 Å². The van der Waals surface area contributed by atoms with Crippen LogP contribution in [0.4, 0.5) is 10.2 Å². The van der Waals surface area contributed by atoms with Crippen molar-refractivity contribution in [1.82, 2.24) is 19.8 Å². The molecule has 1 unspecified atom stereocenters. The molecule has 2 aliphatic heterocycles. The number of ether oxygens (including phenoxy) is 1. The fourth-order valence-corrected chi connectivity index (χ4v) is 6.88. The quantitative estimate of drug-likeness (QED) is 0.293.